The lowest BCUT2D eigenvalue weighted by atomic mass is 10.1. The molecule has 0 amide bonds. The highest BCUT2D eigenvalue weighted by Crippen LogP contribution is 2.31. The molecule has 0 saturated carbocycles. The van der Waals surface area contributed by atoms with Gasteiger partial charge in [0.15, 0.2) is 18.1 Å². The lowest BCUT2D eigenvalue weighted by Crippen LogP contribution is -2.15. The van der Waals surface area contributed by atoms with Crippen molar-refractivity contribution in [3.8, 4) is 17.2 Å². The first-order chi connectivity index (χ1) is 12.3. The van der Waals surface area contributed by atoms with Crippen LogP contribution in [0, 0.1) is 17.0 Å². The zero-order valence-electron chi connectivity index (χ0n) is 13.9. The van der Waals surface area contributed by atoms with E-state index in [0.717, 1.165) is 6.07 Å². The van der Waals surface area contributed by atoms with Crippen LogP contribution in [0.4, 0.5) is 14.5 Å². The number of carbonyl (C=O) groups is 1. The third-order valence-electron chi connectivity index (χ3n) is 3.37. The Bertz CT molecular complexity index is 825. The molecule has 2 aromatic rings. The standard InChI is InChI=1S/C17H15F2NO6/c1-10-3-5-14(26-17(18)19)12(7-10)13(21)9-25-16-8-11(20(22)23)4-6-15(16)24-2/h3-8,17H,9H2,1-2H3. The molecule has 0 N–H and O–H groups in total. The fraction of sp³-hybridized carbons (Fsp3) is 0.235. The zero-order valence-corrected chi connectivity index (χ0v) is 13.9. The highest BCUT2D eigenvalue weighted by molar-refractivity contribution is 6.00. The van der Waals surface area contributed by atoms with Gasteiger partial charge in [0.2, 0.25) is 5.78 Å². The van der Waals surface area contributed by atoms with Crippen LogP contribution in [0.5, 0.6) is 17.2 Å². The van der Waals surface area contributed by atoms with Crippen LogP contribution in [0.25, 0.3) is 0 Å². The molecule has 26 heavy (non-hydrogen) atoms. The molecule has 138 valence electrons. The number of alkyl halides is 2. The average Bonchev–Trinajstić information content (AvgIpc) is 2.60. The first kappa shape index (κ1) is 19.1. The Labute approximate surface area is 147 Å². The van der Waals surface area contributed by atoms with Gasteiger partial charge in [-0.3, -0.25) is 14.9 Å². The average molecular weight is 367 g/mol. The Balaban J connectivity index is 2.22. The summed E-state index contributed by atoms with van der Waals surface area (Å²) in [6.45, 7) is -1.93. The van der Waals surface area contributed by atoms with Gasteiger partial charge in [0, 0.05) is 6.07 Å². The Hall–Kier alpha value is -3.23. The molecule has 9 heteroatoms. The summed E-state index contributed by atoms with van der Waals surface area (Å²) in [5.74, 6) is -0.723. The molecule has 0 bridgehead atoms. The van der Waals surface area contributed by atoms with Crippen molar-refractivity contribution in [1.82, 2.24) is 0 Å². The normalized spacial score (nSPS) is 10.5. The molecule has 0 heterocycles. The molecule has 0 aliphatic heterocycles. The van der Waals surface area contributed by atoms with Crippen LogP contribution in [0.1, 0.15) is 15.9 Å². The smallest absolute Gasteiger partial charge is 0.387 e. The summed E-state index contributed by atoms with van der Waals surface area (Å²) in [5.41, 5.74) is 0.350. The van der Waals surface area contributed by atoms with Crippen molar-refractivity contribution >= 4 is 11.5 Å². The van der Waals surface area contributed by atoms with Crippen LogP contribution < -0.4 is 14.2 Å². The van der Waals surface area contributed by atoms with E-state index in [9.17, 15) is 23.7 Å². The van der Waals surface area contributed by atoms with Crippen LogP contribution in [-0.4, -0.2) is 31.0 Å². The van der Waals surface area contributed by atoms with Crippen LogP contribution >= 0.6 is 0 Å². The van der Waals surface area contributed by atoms with Gasteiger partial charge in [-0.1, -0.05) is 11.6 Å². The lowest BCUT2D eigenvalue weighted by Gasteiger charge is -2.13. The number of ether oxygens (including phenoxy) is 3. The van der Waals surface area contributed by atoms with Gasteiger partial charge in [0.1, 0.15) is 5.75 Å². The third kappa shape index (κ3) is 4.65. The van der Waals surface area contributed by atoms with E-state index in [1.165, 1.54) is 37.4 Å². The van der Waals surface area contributed by atoms with Crippen molar-refractivity contribution in [3.63, 3.8) is 0 Å². The fourth-order valence-corrected chi connectivity index (χ4v) is 2.17. The van der Waals surface area contributed by atoms with Crippen molar-refractivity contribution in [2.45, 2.75) is 13.5 Å². The number of nitrogens with zero attached hydrogens (tertiary/aromatic N) is 1. The molecule has 0 saturated heterocycles. The number of carbonyl (C=O) groups excluding carboxylic acids is 1. The summed E-state index contributed by atoms with van der Waals surface area (Å²) < 4.78 is 39.7. The second kappa shape index (κ2) is 8.24. The number of nitro benzene ring substituents is 1. The summed E-state index contributed by atoms with van der Waals surface area (Å²) in [7, 11) is 1.34. The van der Waals surface area contributed by atoms with Gasteiger partial charge in [0.25, 0.3) is 5.69 Å². The quantitative estimate of drug-likeness (QED) is 0.401. The number of aryl methyl sites for hydroxylation is 1. The maximum Gasteiger partial charge on any atom is 0.387 e. The summed E-state index contributed by atoms with van der Waals surface area (Å²) >= 11 is 0. The Morgan fingerprint density at radius 1 is 1.15 bits per heavy atom. The van der Waals surface area contributed by atoms with E-state index in [2.05, 4.69) is 4.74 Å². The number of hydrogen-bond donors (Lipinski definition) is 0. The summed E-state index contributed by atoms with van der Waals surface area (Å²) in [4.78, 5) is 22.6. The molecule has 2 rings (SSSR count). The molecule has 0 spiro atoms. The molecule has 0 atom stereocenters. The predicted octanol–water partition coefficient (Wildman–Crippen LogP) is 3.77. The van der Waals surface area contributed by atoms with E-state index in [1.54, 1.807) is 6.92 Å². The van der Waals surface area contributed by atoms with Crippen molar-refractivity contribution in [3.05, 3.63) is 57.6 Å². The number of ketones is 1. The largest absolute Gasteiger partial charge is 0.493 e. The Morgan fingerprint density at radius 2 is 1.85 bits per heavy atom. The SMILES string of the molecule is COc1ccc([N+](=O)[O-])cc1OCC(=O)c1cc(C)ccc1OC(F)F. The zero-order chi connectivity index (χ0) is 19.3. The van der Waals surface area contributed by atoms with Gasteiger partial charge in [-0.2, -0.15) is 8.78 Å². The van der Waals surface area contributed by atoms with Crippen molar-refractivity contribution in [2.75, 3.05) is 13.7 Å². The first-order valence-electron chi connectivity index (χ1n) is 7.35. The topological polar surface area (TPSA) is 87.9 Å². The minimum absolute atomic E-state index is 0.0148. The summed E-state index contributed by atoms with van der Waals surface area (Å²) in [6, 6.07) is 7.85. The van der Waals surface area contributed by atoms with E-state index in [4.69, 9.17) is 9.47 Å². The molecule has 0 fully saturated rings. The van der Waals surface area contributed by atoms with E-state index in [-0.39, 0.29) is 28.5 Å². The Kier molecular flexibility index (Phi) is 6.05. The lowest BCUT2D eigenvalue weighted by molar-refractivity contribution is -0.385. The minimum Gasteiger partial charge on any atom is -0.493 e. The first-order valence-corrected chi connectivity index (χ1v) is 7.35. The number of rotatable bonds is 8. The van der Waals surface area contributed by atoms with Gasteiger partial charge >= 0.3 is 6.61 Å². The van der Waals surface area contributed by atoms with Gasteiger partial charge in [0.05, 0.1) is 23.7 Å². The number of methoxy groups -OCH3 is 1. The summed E-state index contributed by atoms with van der Waals surface area (Å²) in [6.07, 6.45) is 0. The fourth-order valence-electron chi connectivity index (χ4n) is 2.17. The van der Waals surface area contributed by atoms with E-state index < -0.39 is 23.9 Å². The molecule has 0 aliphatic rings. The molecule has 0 unspecified atom stereocenters. The van der Waals surface area contributed by atoms with E-state index in [0.29, 0.717) is 5.56 Å². The molecule has 7 nitrogen and oxygen atoms in total. The van der Waals surface area contributed by atoms with Crippen LogP contribution in [0.2, 0.25) is 0 Å². The molecule has 2 aromatic carbocycles. The number of halogens is 2. The van der Waals surface area contributed by atoms with Gasteiger partial charge in [-0.15, -0.1) is 0 Å². The number of non-ortho nitro benzene ring substituents is 1. The maximum atomic E-state index is 12.5. The summed E-state index contributed by atoms with van der Waals surface area (Å²) in [5, 5.41) is 10.9. The number of hydrogen-bond acceptors (Lipinski definition) is 6. The molecule has 0 radical (unpaired) electrons. The van der Waals surface area contributed by atoms with E-state index >= 15 is 0 Å². The van der Waals surface area contributed by atoms with E-state index in [1.807, 2.05) is 0 Å². The van der Waals surface area contributed by atoms with Crippen molar-refractivity contribution in [1.29, 1.82) is 0 Å². The third-order valence-corrected chi connectivity index (χ3v) is 3.37. The molecular formula is C17H15F2NO6. The second-order valence-corrected chi connectivity index (χ2v) is 5.18. The Morgan fingerprint density at radius 3 is 2.46 bits per heavy atom. The van der Waals surface area contributed by atoms with Crippen LogP contribution in [-0.2, 0) is 0 Å². The molecule has 0 aromatic heterocycles. The van der Waals surface area contributed by atoms with Crippen LogP contribution in [0.15, 0.2) is 36.4 Å². The minimum atomic E-state index is -3.08. The second-order valence-electron chi connectivity index (χ2n) is 5.18. The number of nitro groups is 1. The maximum absolute atomic E-state index is 12.5. The monoisotopic (exact) mass is 367 g/mol. The van der Waals surface area contributed by atoms with Gasteiger partial charge < -0.3 is 14.2 Å². The van der Waals surface area contributed by atoms with Crippen molar-refractivity contribution < 1.29 is 32.7 Å². The highest BCUT2D eigenvalue weighted by Gasteiger charge is 2.19. The molecular weight excluding hydrogens is 352 g/mol. The van der Waals surface area contributed by atoms with Crippen molar-refractivity contribution in [2.24, 2.45) is 0 Å². The van der Waals surface area contributed by atoms with Crippen LogP contribution in [0.3, 0.4) is 0 Å². The number of Topliss-reactive ketones (excluding diaryl/α,β-unsaturated/α-hetero) is 1. The predicted molar refractivity (Wildman–Crippen MR) is 87.3 cm³/mol. The highest BCUT2D eigenvalue weighted by atomic mass is 19.3. The van der Waals surface area contributed by atoms with Gasteiger partial charge in [-0.05, 0) is 25.1 Å². The van der Waals surface area contributed by atoms with Gasteiger partial charge in [-0.25, -0.2) is 0 Å². The molecule has 0 aliphatic carbocycles. The number of benzene rings is 2.